The zero-order valence-corrected chi connectivity index (χ0v) is 11.0. The molecule has 1 heterocycles. The Balaban J connectivity index is 2.27. The van der Waals surface area contributed by atoms with Crippen molar-refractivity contribution < 1.29 is 9.63 Å². The molecule has 0 fully saturated rings. The van der Waals surface area contributed by atoms with E-state index in [1.165, 1.54) is 0 Å². The molecule has 0 aliphatic rings. The third kappa shape index (κ3) is 4.09. The monoisotopic (exact) mass is 241 g/mol. The molecule has 17 heavy (non-hydrogen) atoms. The van der Waals surface area contributed by atoms with Crippen LogP contribution in [0.15, 0.2) is 4.52 Å². The van der Waals surface area contributed by atoms with Crippen molar-refractivity contribution in [1.29, 1.82) is 0 Å². The first-order valence-electron chi connectivity index (χ1n) is 6.26. The molecule has 1 rings (SSSR count). The van der Waals surface area contributed by atoms with Crippen molar-refractivity contribution in [2.75, 3.05) is 19.7 Å². The molecule has 5 nitrogen and oxygen atoms in total. The van der Waals surface area contributed by atoms with Crippen LogP contribution in [0.4, 0.5) is 0 Å². The van der Waals surface area contributed by atoms with Gasteiger partial charge in [0.1, 0.15) is 0 Å². The summed E-state index contributed by atoms with van der Waals surface area (Å²) in [6, 6.07) is 0. The van der Waals surface area contributed by atoms with Crippen LogP contribution in [0.5, 0.6) is 0 Å². The first kappa shape index (κ1) is 14.1. The SMILES string of the molecule is CCC(CC)(CO)CNCCc1nc(C)no1. The van der Waals surface area contributed by atoms with E-state index in [2.05, 4.69) is 29.3 Å². The zero-order chi connectivity index (χ0) is 12.7. The van der Waals surface area contributed by atoms with E-state index in [0.717, 1.165) is 32.4 Å². The van der Waals surface area contributed by atoms with Gasteiger partial charge in [-0.3, -0.25) is 0 Å². The molecule has 0 aliphatic heterocycles. The summed E-state index contributed by atoms with van der Waals surface area (Å²) < 4.78 is 5.02. The minimum absolute atomic E-state index is 0.00472. The van der Waals surface area contributed by atoms with Crippen molar-refractivity contribution in [3.8, 4) is 0 Å². The lowest BCUT2D eigenvalue weighted by Gasteiger charge is -2.29. The Morgan fingerprint density at radius 2 is 2.06 bits per heavy atom. The number of nitrogens with one attached hydrogen (secondary N) is 1. The molecule has 98 valence electrons. The standard InChI is InChI=1S/C12H23N3O2/c1-4-12(5-2,9-16)8-13-7-6-11-14-10(3)15-17-11/h13,16H,4-9H2,1-3H3. The summed E-state index contributed by atoms with van der Waals surface area (Å²) >= 11 is 0. The molecule has 0 radical (unpaired) electrons. The van der Waals surface area contributed by atoms with E-state index in [1.807, 2.05) is 6.92 Å². The fourth-order valence-electron chi connectivity index (χ4n) is 1.77. The second-order valence-electron chi connectivity index (χ2n) is 4.53. The topological polar surface area (TPSA) is 71.2 Å². The number of hydrogen-bond acceptors (Lipinski definition) is 5. The van der Waals surface area contributed by atoms with Gasteiger partial charge < -0.3 is 14.9 Å². The molecular weight excluding hydrogens is 218 g/mol. The molecule has 0 saturated heterocycles. The number of nitrogens with zero attached hydrogens (tertiary/aromatic N) is 2. The van der Waals surface area contributed by atoms with Crippen LogP contribution < -0.4 is 5.32 Å². The maximum Gasteiger partial charge on any atom is 0.227 e. The average Bonchev–Trinajstić information content (AvgIpc) is 2.76. The highest BCUT2D eigenvalue weighted by Gasteiger charge is 2.24. The van der Waals surface area contributed by atoms with Crippen molar-refractivity contribution >= 4 is 0 Å². The molecule has 2 N–H and O–H groups in total. The molecule has 0 atom stereocenters. The van der Waals surface area contributed by atoms with E-state index in [-0.39, 0.29) is 12.0 Å². The van der Waals surface area contributed by atoms with E-state index in [1.54, 1.807) is 0 Å². The molecule has 0 unspecified atom stereocenters. The lowest BCUT2D eigenvalue weighted by molar-refractivity contribution is 0.113. The van der Waals surface area contributed by atoms with Gasteiger partial charge in [0.15, 0.2) is 5.82 Å². The number of aliphatic hydroxyl groups is 1. The van der Waals surface area contributed by atoms with Crippen molar-refractivity contribution in [2.24, 2.45) is 5.41 Å². The van der Waals surface area contributed by atoms with Gasteiger partial charge in [-0.05, 0) is 19.8 Å². The van der Waals surface area contributed by atoms with Crippen molar-refractivity contribution in [3.63, 3.8) is 0 Å². The van der Waals surface area contributed by atoms with Gasteiger partial charge in [0, 0.05) is 31.5 Å². The predicted molar refractivity (Wildman–Crippen MR) is 65.7 cm³/mol. The van der Waals surface area contributed by atoms with Gasteiger partial charge in [0.05, 0.1) is 0 Å². The highest BCUT2D eigenvalue weighted by molar-refractivity contribution is 4.84. The van der Waals surface area contributed by atoms with Crippen LogP contribution >= 0.6 is 0 Å². The van der Waals surface area contributed by atoms with Gasteiger partial charge in [-0.1, -0.05) is 19.0 Å². The molecule has 0 bridgehead atoms. The largest absolute Gasteiger partial charge is 0.396 e. The Labute approximate surface area is 103 Å². The number of hydrogen-bond donors (Lipinski definition) is 2. The van der Waals surface area contributed by atoms with Gasteiger partial charge >= 0.3 is 0 Å². The lowest BCUT2D eigenvalue weighted by Crippen LogP contribution is -2.37. The third-order valence-electron chi connectivity index (χ3n) is 3.42. The van der Waals surface area contributed by atoms with Crippen molar-refractivity contribution in [3.05, 3.63) is 11.7 Å². The van der Waals surface area contributed by atoms with Gasteiger partial charge in [0.2, 0.25) is 5.89 Å². The Hall–Kier alpha value is -0.940. The fraction of sp³-hybridized carbons (Fsp3) is 0.833. The van der Waals surface area contributed by atoms with E-state index in [9.17, 15) is 5.11 Å². The van der Waals surface area contributed by atoms with Gasteiger partial charge in [-0.25, -0.2) is 0 Å². The van der Waals surface area contributed by atoms with Crippen molar-refractivity contribution in [1.82, 2.24) is 15.5 Å². The van der Waals surface area contributed by atoms with Gasteiger partial charge in [-0.2, -0.15) is 4.98 Å². The minimum atomic E-state index is 0.00472. The van der Waals surface area contributed by atoms with Crippen LogP contribution in [0.2, 0.25) is 0 Å². The second-order valence-corrected chi connectivity index (χ2v) is 4.53. The molecule has 0 aromatic carbocycles. The van der Waals surface area contributed by atoms with Gasteiger partial charge in [0.25, 0.3) is 0 Å². The number of aromatic nitrogens is 2. The smallest absolute Gasteiger partial charge is 0.227 e. The number of aliphatic hydroxyl groups excluding tert-OH is 1. The summed E-state index contributed by atoms with van der Waals surface area (Å²) in [7, 11) is 0. The maximum absolute atomic E-state index is 9.42. The summed E-state index contributed by atoms with van der Waals surface area (Å²) in [5.74, 6) is 1.34. The molecule has 0 spiro atoms. The highest BCUT2D eigenvalue weighted by atomic mass is 16.5. The Kier molecular flexibility index (Phi) is 5.58. The first-order valence-corrected chi connectivity index (χ1v) is 6.26. The Morgan fingerprint density at radius 3 is 2.53 bits per heavy atom. The van der Waals surface area contributed by atoms with E-state index >= 15 is 0 Å². The number of aryl methyl sites for hydroxylation is 1. The maximum atomic E-state index is 9.42. The van der Waals surface area contributed by atoms with Crippen LogP contribution in [-0.4, -0.2) is 34.9 Å². The Morgan fingerprint density at radius 1 is 1.35 bits per heavy atom. The number of rotatable bonds is 8. The van der Waals surface area contributed by atoms with Crippen LogP contribution in [-0.2, 0) is 6.42 Å². The van der Waals surface area contributed by atoms with Crippen molar-refractivity contribution in [2.45, 2.75) is 40.0 Å². The van der Waals surface area contributed by atoms with Crippen LogP contribution in [0.25, 0.3) is 0 Å². The lowest BCUT2D eigenvalue weighted by atomic mass is 9.83. The predicted octanol–water partition coefficient (Wildman–Crippen LogP) is 1.31. The normalized spacial score (nSPS) is 12.0. The third-order valence-corrected chi connectivity index (χ3v) is 3.42. The summed E-state index contributed by atoms with van der Waals surface area (Å²) in [4.78, 5) is 4.14. The summed E-state index contributed by atoms with van der Waals surface area (Å²) in [5, 5.41) is 16.5. The van der Waals surface area contributed by atoms with Gasteiger partial charge in [-0.15, -0.1) is 0 Å². The molecular formula is C12H23N3O2. The molecule has 1 aromatic heterocycles. The average molecular weight is 241 g/mol. The molecule has 5 heteroatoms. The fourth-order valence-corrected chi connectivity index (χ4v) is 1.77. The van der Waals surface area contributed by atoms with Crippen LogP contribution in [0, 0.1) is 12.3 Å². The summed E-state index contributed by atoms with van der Waals surface area (Å²) in [6.07, 6.45) is 2.69. The zero-order valence-electron chi connectivity index (χ0n) is 11.0. The highest BCUT2D eigenvalue weighted by Crippen LogP contribution is 2.24. The first-order chi connectivity index (χ1) is 8.15. The quantitative estimate of drug-likeness (QED) is 0.671. The van der Waals surface area contributed by atoms with E-state index in [0.29, 0.717) is 11.7 Å². The van der Waals surface area contributed by atoms with Crippen LogP contribution in [0.1, 0.15) is 38.4 Å². The molecule has 0 saturated carbocycles. The van der Waals surface area contributed by atoms with E-state index in [4.69, 9.17) is 4.52 Å². The minimum Gasteiger partial charge on any atom is -0.396 e. The van der Waals surface area contributed by atoms with E-state index < -0.39 is 0 Å². The Bertz CT molecular complexity index is 313. The summed E-state index contributed by atoms with van der Waals surface area (Å²) in [5.41, 5.74) is 0.00472. The van der Waals surface area contributed by atoms with Crippen LogP contribution in [0.3, 0.4) is 0 Å². The molecule has 0 amide bonds. The second kappa shape index (κ2) is 6.71. The molecule has 1 aromatic rings. The molecule has 0 aliphatic carbocycles. The summed E-state index contributed by atoms with van der Waals surface area (Å²) in [6.45, 7) is 7.89.